The number of rotatable bonds is 8. The fraction of sp³-hybridized carbons (Fsp3) is 0.303. The van der Waals surface area contributed by atoms with Gasteiger partial charge in [0.05, 0.1) is 0 Å². The van der Waals surface area contributed by atoms with Crippen molar-refractivity contribution in [3.63, 3.8) is 0 Å². The molecule has 1 atom stereocenters. The van der Waals surface area contributed by atoms with Gasteiger partial charge in [0.15, 0.2) is 5.13 Å². The molecule has 1 aromatic heterocycles. The number of benzene rings is 3. The Kier molecular flexibility index (Phi) is 7.85. The second kappa shape index (κ2) is 11.8. The van der Waals surface area contributed by atoms with Crippen molar-refractivity contribution in [3.05, 3.63) is 112 Å². The van der Waals surface area contributed by atoms with Crippen LogP contribution in [-0.4, -0.2) is 58.8 Å². The van der Waals surface area contributed by atoms with E-state index in [2.05, 4.69) is 58.2 Å². The van der Waals surface area contributed by atoms with Gasteiger partial charge in [-0.2, -0.15) is 0 Å². The van der Waals surface area contributed by atoms with E-state index < -0.39 is 6.04 Å². The van der Waals surface area contributed by atoms with Crippen molar-refractivity contribution in [2.24, 2.45) is 0 Å². The quantitative estimate of drug-likeness (QED) is 0.301. The zero-order valence-electron chi connectivity index (χ0n) is 23.5. The summed E-state index contributed by atoms with van der Waals surface area (Å²) in [5, 5.41) is 5.24. The Hall–Kier alpha value is -4.01. The van der Waals surface area contributed by atoms with Crippen LogP contribution in [0.5, 0.6) is 0 Å². The largest absolute Gasteiger partial charge is 0.369 e. The van der Waals surface area contributed by atoms with Gasteiger partial charge in [-0.3, -0.25) is 19.8 Å². The van der Waals surface area contributed by atoms with E-state index >= 15 is 0 Å². The lowest BCUT2D eigenvalue weighted by atomic mass is 9.97. The summed E-state index contributed by atoms with van der Waals surface area (Å²) in [4.78, 5) is 38.4. The number of hydrogen-bond acceptors (Lipinski definition) is 6. The van der Waals surface area contributed by atoms with Crippen LogP contribution in [0.2, 0.25) is 0 Å². The summed E-state index contributed by atoms with van der Waals surface area (Å²) in [5.41, 5.74) is 5.83. The molecule has 4 aromatic rings. The average molecular weight is 566 g/mol. The lowest BCUT2D eigenvalue weighted by Gasteiger charge is -2.38. The highest BCUT2D eigenvalue weighted by atomic mass is 32.1. The van der Waals surface area contributed by atoms with Gasteiger partial charge in [-0.05, 0) is 54.7 Å². The predicted octanol–water partition coefficient (Wildman–Crippen LogP) is 5.60. The number of thiazole rings is 1. The molecule has 1 N–H and O–H groups in total. The summed E-state index contributed by atoms with van der Waals surface area (Å²) >= 11 is 1.36. The fourth-order valence-electron chi connectivity index (χ4n) is 5.92. The SMILES string of the molecule is CC(C)N1CCN(c2ccc(Cc3cccc4c3C(=O)N(C(C(=O)Nc3nccs3)c3ccccc3)C4)cc2)CC1. The molecule has 3 heterocycles. The van der Waals surface area contributed by atoms with Crippen molar-refractivity contribution < 1.29 is 9.59 Å². The van der Waals surface area contributed by atoms with E-state index in [1.807, 2.05) is 53.9 Å². The zero-order valence-corrected chi connectivity index (χ0v) is 24.3. The van der Waals surface area contributed by atoms with Gasteiger partial charge in [-0.25, -0.2) is 4.98 Å². The van der Waals surface area contributed by atoms with Crippen LogP contribution in [0.25, 0.3) is 0 Å². The molecule has 210 valence electrons. The molecule has 7 nitrogen and oxygen atoms in total. The molecule has 0 bridgehead atoms. The molecule has 8 heteroatoms. The minimum Gasteiger partial charge on any atom is -0.369 e. The van der Waals surface area contributed by atoms with Gasteiger partial charge in [0.25, 0.3) is 11.8 Å². The molecule has 0 spiro atoms. The number of carbonyl (C=O) groups excluding carboxylic acids is 2. The molecule has 41 heavy (non-hydrogen) atoms. The first kappa shape index (κ1) is 27.2. The number of nitrogens with zero attached hydrogens (tertiary/aromatic N) is 4. The van der Waals surface area contributed by atoms with E-state index in [1.165, 1.54) is 17.0 Å². The molecule has 2 aliphatic heterocycles. The number of fused-ring (bicyclic) bond motifs is 1. The van der Waals surface area contributed by atoms with E-state index in [0.717, 1.165) is 48.4 Å². The predicted molar refractivity (Wildman–Crippen MR) is 164 cm³/mol. The lowest BCUT2D eigenvalue weighted by Crippen LogP contribution is -2.48. The Morgan fingerprint density at radius 2 is 1.71 bits per heavy atom. The third-order valence-electron chi connectivity index (χ3n) is 8.13. The summed E-state index contributed by atoms with van der Waals surface area (Å²) in [6, 6.07) is 24.1. The average Bonchev–Trinajstić information content (AvgIpc) is 3.62. The van der Waals surface area contributed by atoms with Crippen LogP contribution < -0.4 is 10.2 Å². The molecule has 0 radical (unpaired) electrons. The smallest absolute Gasteiger partial charge is 0.255 e. The maximum Gasteiger partial charge on any atom is 0.255 e. The lowest BCUT2D eigenvalue weighted by molar-refractivity contribution is -0.120. The summed E-state index contributed by atoms with van der Waals surface area (Å²) in [7, 11) is 0. The molecule has 0 aliphatic carbocycles. The van der Waals surface area contributed by atoms with Crippen molar-refractivity contribution in [1.82, 2.24) is 14.8 Å². The van der Waals surface area contributed by atoms with Gasteiger partial charge in [0.1, 0.15) is 6.04 Å². The van der Waals surface area contributed by atoms with Gasteiger partial charge in [-0.15, -0.1) is 11.3 Å². The Morgan fingerprint density at radius 3 is 2.39 bits per heavy atom. The van der Waals surface area contributed by atoms with Gasteiger partial charge >= 0.3 is 0 Å². The second-order valence-electron chi connectivity index (χ2n) is 11.0. The van der Waals surface area contributed by atoms with E-state index in [-0.39, 0.29) is 11.8 Å². The topological polar surface area (TPSA) is 68.8 Å². The summed E-state index contributed by atoms with van der Waals surface area (Å²) in [6.45, 7) is 9.13. The van der Waals surface area contributed by atoms with Crippen molar-refractivity contribution in [2.75, 3.05) is 36.4 Å². The van der Waals surface area contributed by atoms with E-state index in [0.29, 0.717) is 29.7 Å². The number of aromatic nitrogens is 1. The van der Waals surface area contributed by atoms with Crippen LogP contribution >= 0.6 is 11.3 Å². The molecule has 6 rings (SSSR count). The number of hydrogen-bond donors (Lipinski definition) is 1. The van der Waals surface area contributed by atoms with Crippen molar-refractivity contribution in [2.45, 2.75) is 38.9 Å². The van der Waals surface area contributed by atoms with E-state index in [4.69, 9.17) is 0 Å². The first-order valence-electron chi connectivity index (χ1n) is 14.2. The van der Waals surface area contributed by atoms with Crippen LogP contribution in [0.15, 0.2) is 84.4 Å². The Morgan fingerprint density at radius 1 is 0.951 bits per heavy atom. The monoisotopic (exact) mass is 565 g/mol. The minimum atomic E-state index is -0.761. The number of anilines is 2. The Bertz CT molecular complexity index is 1500. The molecule has 1 saturated heterocycles. The normalized spacial score (nSPS) is 16.2. The highest BCUT2D eigenvalue weighted by Gasteiger charge is 2.38. The standard InChI is InChI=1S/C33H35N5O2S/c1-23(2)36-16-18-37(19-17-36)28-13-11-24(12-14-28)21-26-9-6-10-27-22-38(32(40)29(26)27)30(25-7-4-3-5-8-25)31(39)35-33-34-15-20-41-33/h3-15,20,23,30H,16-19,21-22H2,1-2H3,(H,34,35,39). The van der Waals surface area contributed by atoms with Crippen LogP contribution in [0.1, 0.15) is 52.5 Å². The molecular formula is C33H35N5O2S. The molecular weight excluding hydrogens is 530 g/mol. The number of piperazine rings is 1. The number of amides is 2. The fourth-order valence-corrected chi connectivity index (χ4v) is 6.45. The van der Waals surface area contributed by atoms with Gasteiger partial charge in [0, 0.05) is 61.6 Å². The van der Waals surface area contributed by atoms with Crippen molar-refractivity contribution in [3.8, 4) is 0 Å². The molecule has 3 aromatic carbocycles. The summed E-state index contributed by atoms with van der Waals surface area (Å²) < 4.78 is 0. The van der Waals surface area contributed by atoms with E-state index in [9.17, 15) is 9.59 Å². The Balaban J connectivity index is 1.21. The Labute approximate surface area is 245 Å². The number of carbonyl (C=O) groups is 2. The third kappa shape index (κ3) is 5.76. The van der Waals surface area contributed by atoms with Crippen LogP contribution in [-0.2, 0) is 17.8 Å². The van der Waals surface area contributed by atoms with Gasteiger partial charge in [-0.1, -0.05) is 60.7 Å². The van der Waals surface area contributed by atoms with E-state index in [1.54, 1.807) is 11.1 Å². The number of nitrogens with one attached hydrogen (secondary N) is 1. The molecule has 1 fully saturated rings. The third-order valence-corrected chi connectivity index (χ3v) is 8.82. The second-order valence-corrected chi connectivity index (χ2v) is 11.9. The van der Waals surface area contributed by atoms with Crippen LogP contribution in [0.4, 0.5) is 10.8 Å². The maximum atomic E-state index is 14.0. The van der Waals surface area contributed by atoms with Gasteiger partial charge < -0.3 is 9.80 Å². The molecule has 1 unspecified atom stereocenters. The van der Waals surface area contributed by atoms with Crippen LogP contribution in [0, 0.1) is 0 Å². The highest BCUT2D eigenvalue weighted by molar-refractivity contribution is 7.13. The van der Waals surface area contributed by atoms with Gasteiger partial charge in [0.2, 0.25) is 0 Å². The molecule has 0 saturated carbocycles. The maximum absolute atomic E-state index is 14.0. The highest BCUT2D eigenvalue weighted by Crippen LogP contribution is 2.35. The summed E-state index contributed by atoms with van der Waals surface area (Å²) in [6.07, 6.45) is 2.31. The molecule has 2 amide bonds. The molecule has 2 aliphatic rings. The first-order valence-corrected chi connectivity index (χ1v) is 15.1. The van der Waals surface area contributed by atoms with Crippen LogP contribution in [0.3, 0.4) is 0 Å². The van der Waals surface area contributed by atoms with Crippen molar-refractivity contribution >= 4 is 34.0 Å². The minimum absolute atomic E-state index is 0.113. The van der Waals surface area contributed by atoms with Crippen molar-refractivity contribution in [1.29, 1.82) is 0 Å². The first-order chi connectivity index (χ1) is 20.0. The summed E-state index contributed by atoms with van der Waals surface area (Å²) in [5.74, 6) is -0.378. The zero-order chi connectivity index (χ0) is 28.3.